The number of hydrogen-bond acceptors (Lipinski definition) is 5. The fourth-order valence-electron chi connectivity index (χ4n) is 2.54. The SMILES string of the molecule is CC/C(=N\NC(=O)C[C@H]1CCS(=O)(=O)C1)c1cc(Br)ccc1O. The predicted octanol–water partition coefficient (Wildman–Crippen LogP) is 2.21. The number of sulfone groups is 1. The zero-order chi connectivity index (χ0) is 17.0. The van der Waals surface area contributed by atoms with Crippen molar-refractivity contribution >= 4 is 37.4 Å². The first kappa shape index (κ1) is 17.9. The van der Waals surface area contributed by atoms with Crippen LogP contribution >= 0.6 is 15.9 Å². The smallest absolute Gasteiger partial charge is 0.240 e. The maximum absolute atomic E-state index is 11.9. The van der Waals surface area contributed by atoms with E-state index in [-0.39, 0.29) is 35.5 Å². The third kappa shape index (κ3) is 5.04. The number of nitrogens with zero attached hydrogens (tertiary/aromatic N) is 1. The van der Waals surface area contributed by atoms with Crippen molar-refractivity contribution in [3.8, 4) is 5.75 Å². The van der Waals surface area contributed by atoms with E-state index in [9.17, 15) is 18.3 Å². The molecule has 0 radical (unpaired) electrons. The maximum atomic E-state index is 11.9. The van der Waals surface area contributed by atoms with Crippen LogP contribution in [0.5, 0.6) is 5.75 Å². The van der Waals surface area contributed by atoms with Crippen molar-refractivity contribution in [2.45, 2.75) is 26.2 Å². The Hall–Kier alpha value is -1.41. The monoisotopic (exact) mass is 402 g/mol. The first-order valence-corrected chi connectivity index (χ1v) is 9.97. The molecule has 0 aromatic heterocycles. The molecule has 0 spiro atoms. The molecule has 0 aliphatic carbocycles. The van der Waals surface area contributed by atoms with Gasteiger partial charge in [-0.2, -0.15) is 5.10 Å². The van der Waals surface area contributed by atoms with Crippen molar-refractivity contribution in [3.05, 3.63) is 28.2 Å². The Morgan fingerprint density at radius 3 is 2.83 bits per heavy atom. The summed E-state index contributed by atoms with van der Waals surface area (Å²) in [5, 5.41) is 14.0. The number of phenols is 1. The van der Waals surface area contributed by atoms with E-state index in [2.05, 4.69) is 26.5 Å². The van der Waals surface area contributed by atoms with E-state index in [1.807, 2.05) is 6.92 Å². The minimum atomic E-state index is -2.98. The highest BCUT2D eigenvalue weighted by Crippen LogP contribution is 2.24. The van der Waals surface area contributed by atoms with Gasteiger partial charge < -0.3 is 5.11 Å². The summed E-state index contributed by atoms with van der Waals surface area (Å²) in [6.07, 6.45) is 1.19. The van der Waals surface area contributed by atoms with Gasteiger partial charge in [-0.3, -0.25) is 4.79 Å². The van der Waals surface area contributed by atoms with Gasteiger partial charge in [0.1, 0.15) is 5.75 Å². The summed E-state index contributed by atoms with van der Waals surface area (Å²) >= 11 is 3.33. The van der Waals surface area contributed by atoms with Crippen LogP contribution in [-0.4, -0.2) is 36.6 Å². The van der Waals surface area contributed by atoms with Gasteiger partial charge in [-0.05, 0) is 37.0 Å². The van der Waals surface area contributed by atoms with Gasteiger partial charge in [0.25, 0.3) is 0 Å². The van der Waals surface area contributed by atoms with Crippen molar-refractivity contribution in [2.75, 3.05) is 11.5 Å². The zero-order valence-electron chi connectivity index (χ0n) is 12.8. The van der Waals surface area contributed by atoms with Crippen LogP contribution in [0.4, 0.5) is 0 Å². The summed E-state index contributed by atoms with van der Waals surface area (Å²) in [4.78, 5) is 11.9. The number of hydrazone groups is 1. The molecule has 0 bridgehead atoms. The lowest BCUT2D eigenvalue weighted by Gasteiger charge is -2.09. The summed E-state index contributed by atoms with van der Waals surface area (Å²) in [5.41, 5.74) is 3.56. The van der Waals surface area contributed by atoms with Crippen molar-refractivity contribution < 1.29 is 18.3 Å². The second-order valence-corrected chi connectivity index (χ2v) is 8.73. The molecular weight excluding hydrogens is 384 g/mol. The number of amides is 1. The number of carbonyl (C=O) groups excluding carboxylic acids is 1. The van der Waals surface area contributed by atoms with Gasteiger partial charge in [0.2, 0.25) is 5.91 Å². The molecule has 126 valence electrons. The molecule has 1 aromatic rings. The highest BCUT2D eigenvalue weighted by atomic mass is 79.9. The van der Waals surface area contributed by atoms with Crippen molar-refractivity contribution in [3.63, 3.8) is 0 Å². The number of phenolic OH excluding ortho intramolecular Hbond substituents is 1. The summed E-state index contributed by atoms with van der Waals surface area (Å²) in [5.74, 6) is -0.144. The molecule has 1 saturated heterocycles. The second-order valence-electron chi connectivity index (χ2n) is 5.58. The minimum Gasteiger partial charge on any atom is -0.507 e. The lowest BCUT2D eigenvalue weighted by atomic mass is 10.1. The molecule has 6 nitrogen and oxygen atoms in total. The molecule has 0 saturated carbocycles. The Labute approximate surface area is 144 Å². The van der Waals surface area contributed by atoms with Crippen LogP contribution in [0.3, 0.4) is 0 Å². The summed E-state index contributed by atoms with van der Waals surface area (Å²) in [6.45, 7) is 1.87. The number of carbonyl (C=O) groups is 1. The van der Waals surface area contributed by atoms with E-state index in [1.54, 1.807) is 18.2 Å². The molecule has 1 aliphatic rings. The van der Waals surface area contributed by atoms with E-state index in [4.69, 9.17) is 0 Å². The number of aromatic hydroxyl groups is 1. The van der Waals surface area contributed by atoms with E-state index in [0.29, 0.717) is 24.1 Å². The van der Waals surface area contributed by atoms with E-state index < -0.39 is 9.84 Å². The summed E-state index contributed by atoms with van der Waals surface area (Å²) in [6, 6.07) is 4.99. The Kier molecular flexibility index (Phi) is 5.80. The molecular formula is C15H19BrN2O4S. The normalized spacial score (nSPS) is 20.4. The largest absolute Gasteiger partial charge is 0.507 e. The van der Waals surface area contributed by atoms with Gasteiger partial charge in [0.15, 0.2) is 9.84 Å². The first-order valence-electron chi connectivity index (χ1n) is 7.35. The highest BCUT2D eigenvalue weighted by molar-refractivity contribution is 9.10. The van der Waals surface area contributed by atoms with Gasteiger partial charge in [0, 0.05) is 16.5 Å². The van der Waals surface area contributed by atoms with Crippen LogP contribution in [0.15, 0.2) is 27.8 Å². The molecule has 1 heterocycles. The van der Waals surface area contributed by atoms with Crippen LogP contribution in [0.1, 0.15) is 31.7 Å². The molecule has 2 N–H and O–H groups in total. The van der Waals surface area contributed by atoms with Crippen molar-refractivity contribution in [1.29, 1.82) is 0 Å². The molecule has 1 amide bonds. The van der Waals surface area contributed by atoms with E-state index in [0.717, 1.165) is 4.47 Å². The fourth-order valence-corrected chi connectivity index (χ4v) is 4.76. The number of rotatable bonds is 5. The van der Waals surface area contributed by atoms with Gasteiger partial charge in [-0.25, -0.2) is 13.8 Å². The maximum Gasteiger partial charge on any atom is 0.240 e. The average molecular weight is 403 g/mol. The fraction of sp³-hybridized carbons (Fsp3) is 0.467. The molecule has 1 aliphatic heterocycles. The quantitative estimate of drug-likeness (QED) is 0.582. The number of nitrogens with one attached hydrogen (secondary N) is 1. The van der Waals surface area contributed by atoms with Crippen LogP contribution in [0.25, 0.3) is 0 Å². The molecule has 8 heteroatoms. The average Bonchev–Trinajstić information content (AvgIpc) is 2.82. The van der Waals surface area contributed by atoms with Gasteiger partial charge in [-0.1, -0.05) is 22.9 Å². The van der Waals surface area contributed by atoms with Gasteiger partial charge >= 0.3 is 0 Å². The lowest BCUT2D eigenvalue weighted by Crippen LogP contribution is -2.23. The Morgan fingerprint density at radius 2 is 2.22 bits per heavy atom. The second kappa shape index (κ2) is 7.44. The van der Waals surface area contributed by atoms with Gasteiger partial charge in [0.05, 0.1) is 17.2 Å². The van der Waals surface area contributed by atoms with Crippen LogP contribution in [0, 0.1) is 5.92 Å². The third-order valence-electron chi connectivity index (χ3n) is 3.72. The molecule has 1 aromatic carbocycles. The molecule has 2 rings (SSSR count). The third-order valence-corrected chi connectivity index (χ3v) is 6.05. The Morgan fingerprint density at radius 1 is 1.48 bits per heavy atom. The number of halogens is 1. The zero-order valence-corrected chi connectivity index (χ0v) is 15.2. The van der Waals surface area contributed by atoms with Crippen molar-refractivity contribution in [1.82, 2.24) is 5.43 Å². The van der Waals surface area contributed by atoms with Crippen LogP contribution < -0.4 is 5.43 Å². The van der Waals surface area contributed by atoms with Crippen LogP contribution in [-0.2, 0) is 14.6 Å². The molecule has 1 fully saturated rings. The van der Waals surface area contributed by atoms with Crippen LogP contribution in [0.2, 0.25) is 0 Å². The van der Waals surface area contributed by atoms with E-state index in [1.165, 1.54) is 0 Å². The predicted molar refractivity (Wildman–Crippen MR) is 92.2 cm³/mol. The summed E-state index contributed by atoms with van der Waals surface area (Å²) < 4.78 is 23.6. The standard InChI is InChI=1S/C15H19BrN2O4S/c1-2-13(12-8-11(16)3-4-14(12)19)17-18-15(20)7-10-5-6-23(21,22)9-10/h3-4,8,10,19H,2,5-7,9H2,1H3,(H,18,20)/b17-13+/t10-/m1/s1. The number of benzene rings is 1. The lowest BCUT2D eigenvalue weighted by molar-refractivity contribution is -0.121. The topological polar surface area (TPSA) is 95.8 Å². The first-order chi connectivity index (χ1) is 10.8. The highest BCUT2D eigenvalue weighted by Gasteiger charge is 2.29. The Balaban J connectivity index is 2.02. The van der Waals surface area contributed by atoms with Gasteiger partial charge in [-0.15, -0.1) is 0 Å². The molecule has 0 unspecified atom stereocenters. The Bertz CT molecular complexity index is 731. The minimum absolute atomic E-state index is 0.0667. The molecule has 1 atom stereocenters. The van der Waals surface area contributed by atoms with E-state index >= 15 is 0 Å². The molecule has 23 heavy (non-hydrogen) atoms. The van der Waals surface area contributed by atoms with Crippen molar-refractivity contribution in [2.24, 2.45) is 11.0 Å². The summed E-state index contributed by atoms with van der Waals surface area (Å²) in [7, 11) is -2.98. The number of hydrogen-bond donors (Lipinski definition) is 2.